The monoisotopic (exact) mass is 556 g/mol. The number of methoxy groups -OCH3 is 1. The molecule has 0 bridgehead atoms. The maximum Gasteiger partial charge on any atom is 0.311 e. The first-order valence-electron chi connectivity index (χ1n) is 12.6. The predicted molar refractivity (Wildman–Crippen MR) is 152 cm³/mol. The van der Waals surface area contributed by atoms with Crippen molar-refractivity contribution in [1.29, 1.82) is 0 Å². The molecule has 1 rings (SSSR count). The zero-order chi connectivity index (χ0) is 30.4. The number of benzene rings is 1. The smallest absolute Gasteiger partial charge is 0.311 e. The van der Waals surface area contributed by atoms with Gasteiger partial charge in [-0.05, 0) is 59.1 Å². The van der Waals surface area contributed by atoms with Gasteiger partial charge in [-0.25, -0.2) is 13.6 Å². The number of primary sulfonamides is 1. The zero-order valence-corrected chi connectivity index (χ0v) is 25.6. The summed E-state index contributed by atoms with van der Waals surface area (Å²) in [7, 11) is -2.43. The molecule has 218 valence electrons. The van der Waals surface area contributed by atoms with Crippen molar-refractivity contribution in [1.82, 2.24) is 0 Å². The molecule has 0 aliphatic heterocycles. The lowest BCUT2D eigenvalue weighted by Crippen LogP contribution is -2.30. The van der Waals surface area contributed by atoms with E-state index in [4.69, 9.17) is 9.88 Å². The molecule has 0 radical (unpaired) electrons. The summed E-state index contributed by atoms with van der Waals surface area (Å²) < 4.78 is 32.2. The molecule has 0 aliphatic carbocycles. The van der Waals surface area contributed by atoms with E-state index < -0.39 is 15.4 Å². The van der Waals surface area contributed by atoms with Crippen LogP contribution in [-0.2, 0) is 33.9 Å². The van der Waals surface area contributed by atoms with E-state index in [-0.39, 0.29) is 39.3 Å². The second-order valence-electron chi connectivity index (χ2n) is 10.6. The van der Waals surface area contributed by atoms with Gasteiger partial charge in [0.15, 0.2) is 0 Å². The summed E-state index contributed by atoms with van der Waals surface area (Å²) in [4.78, 5) is 33.9. The zero-order valence-electron chi connectivity index (χ0n) is 24.8. The van der Waals surface area contributed by atoms with Crippen molar-refractivity contribution in [3.05, 3.63) is 36.9 Å². The molecule has 1 amide bonds. The lowest BCUT2D eigenvalue weighted by molar-refractivity contribution is -0.153. The fourth-order valence-electron chi connectivity index (χ4n) is 2.17. The number of hydrogen-bond donors (Lipinski definition) is 2. The average Bonchev–Trinajstić information content (AvgIpc) is 2.86. The fourth-order valence-corrected chi connectivity index (χ4v) is 2.86. The van der Waals surface area contributed by atoms with Crippen LogP contribution in [0.4, 0.5) is 5.69 Å². The number of hydrogen-bond acceptors (Lipinski definition) is 7. The first-order valence-corrected chi connectivity index (χ1v) is 14.1. The highest BCUT2D eigenvalue weighted by Crippen LogP contribution is 2.25. The van der Waals surface area contributed by atoms with Gasteiger partial charge in [-0.2, -0.15) is 0 Å². The van der Waals surface area contributed by atoms with Gasteiger partial charge in [-0.3, -0.25) is 14.4 Å². The van der Waals surface area contributed by atoms with Crippen molar-refractivity contribution in [3.8, 4) is 0 Å². The molecule has 0 aromatic heterocycles. The van der Waals surface area contributed by atoms with Gasteiger partial charge in [0.05, 0.1) is 23.6 Å². The minimum absolute atomic E-state index is 0.0785. The van der Waals surface area contributed by atoms with E-state index in [1.54, 1.807) is 32.1 Å². The van der Waals surface area contributed by atoms with Gasteiger partial charge in [-0.1, -0.05) is 59.4 Å². The van der Waals surface area contributed by atoms with Gasteiger partial charge in [-0.15, -0.1) is 0 Å². The average molecular weight is 557 g/mol. The van der Waals surface area contributed by atoms with Gasteiger partial charge in [0, 0.05) is 5.41 Å². The Labute approximate surface area is 229 Å². The van der Waals surface area contributed by atoms with E-state index in [0.29, 0.717) is 13.0 Å². The third-order valence-corrected chi connectivity index (χ3v) is 7.30. The molecule has 3 N–H and O–H groups in total. The fraction of sp³-hybridized carbons (Fsp3) is 0.607. The number of esters is 2. The molecule has 0 aliphatic rings. The summed E-state index contributed by atoms with van der Waals surface area (Å²) in [6.07, 6.45) is 3.84. The highest BCUT2D eigenvalue weighted by atomic mass is 32.2. The van der Waals surface area contributed by atoms with Crippen molar-refractivity contribution >= 4 is 33.6 Å². The van der Waals surface area contributed by atoms with Gasteiger partial charge >= 0.3 is 11.9 Å². The molecule has 0 heterocycles. The van der Waals surface area contributed by atoms with Crippen LogP contribution >= 0.6 is 0 Å². The van der Waals surface area contributed by atoms with E-state index in [1.807, 2.05) is 48.5 Å². The SMILES string of the molecule is C=CCOC(=O)C(C)(C)CC.CCC(C)(C)C(=O)Nc1ccccc1S(N)(=O)=O.CCC(C)(C)C(=O)OC. The van der Waals surface area contributed by atoms with Crippen LogP contribution in [0.25, 0.3) is 0 Å². The van der Waals surface area contributed by atoms with Crippen LogP contribution in [0, 0.1) is 16.2 Å². The van der Waals surface area contributed by atoms with Crippen LogP contribution in [0.5, 0.6) is 0 Å². The van der Waals surface area contributed by atoms with E-state index in [9.17, 15) is 22.8 Å². The molecule has 0 fully saturated rings. The number of anilines is 1. The predicted octanol–water partition coefficient (Wildman–Crippen LogP) is 5.46. The molecular formula is C28H48N2O7S. The Bertz CT molecular complexity index is 1030. The maximum absolute atomic E-state index is 12.0. The number of amides is 1. The Morgan fingerprint density at radius 2 is 1.34 bits per heavy atom. The largest absolute Gasteiger partial charge is 0.469 e. The Balaban J connectivity index is 0. The van der Waals surface area contributed by atoms with Gasteiger partial charge in [0.25, 0.3) is 0 Å². The molecule has 10 heteroatoms. The van der Waals surface area contributed by atoms with Crippen molar-refractivity contribution in [2.75, 3.05) is 19.0 Å². The van der Waals surface area contributed by atoms with Crippen LogP contribution in [0.2, 0.25) is 0 Å². The second kappa shape index (κ2) is 16.3. The highest BCUT2D eigenvalue weighted by Gasteiger charge is 2.28. The second-order valence-corrected chi connectivity index (χ2v) is 12.1. The van der Waals surface area contributed by atoms with E-state index in [2.05, 4.69) is 16.6 Å². The number of carbonyl (C=O) groups excluding carboxylic acids is 3. The number of nitrogens with one attached hydrogen (secondary N) is 1. The Morgan fingerprint density at radius 1 is 0.895 bits per heavy atom. The normalized spacial score (nSPS) is 11.6. The number of nitrogens with two attached hydrogens (primary N) is 1. The Kier molecular flexibility index (Phi) is 16.0. The van der Waals surface area contributed by atoms with Crippen LogP contribution in [0.1, 0.15) is 81.6 Å². The topological polar surface area (TPSA) is 142 Å². The molecule has 38 heavy (non-hydrogen) atoms. The molecule has 0 unspecified atom stereocenters. The minimum Gasteiger partial charge on any atom is -0.469 e. The van der Waals surface area contributed by atoms with Crippen LogP contribution < -0.4 is 10.5 Å². The van der Waals surface area contributed by atoms with Crippen molar-refractivity contribution in [2.24, 2.45) is 21.4 Å². The van der Waals surface area contributed by atoms with Gasteiger partial charge in [0.2, 0.25) is 15.9 Å². The maximum atomic E-state index is 12.0. The lowest BCUT2D eigenvalue weighted by Gasteiger charge is -2.22. The standard InChI is InChI=1S/C12H18N2O3S.C9H16O2.C7H14O2/c1-4-12(2,3)11(15)14-9-7-5-6-8-10(9)18(13,16)17;1-5-7-11-8(10)9(3,4)6-2;1-5-7(2,3)6(8)9-4/h5-8H,4H2,1-3H3,(H,14,15)(H2,13,16,17);5H,1,6-7H2,2-4H3;5H2,1-4H3. The summed E-state index contributed by atoms with van der Waals surface area (Å²) in [6.45, 7) is 20.7. The quantitative estimate of drug-likeness (QED) is 0.288. The van der Waals surface area contributed by atoms with Gasteiger partial charge < -0.3 is 14.8 Å². The van der Waals surface area contributed by atoms with Gasteiger partial charge in [0.1, 0.15) is 11.5 Å². The summed E-state index contributed by atoms with van der Waals surface area (Å²) in [6, 6.07) is 6.08. The molecular weight excluding hydrogens is 508 g/mol. The first-order chi connectivity index (χ1) is 17.3. The lowest BCUT2D eigenvalue weighted by atomic mass is 9.89. The molecule has 1 aromatic rings. The first kappa shape index (κ1) is 37.4. The molecule has 0 saturated heterocycles. The summed E-state index contributed by atoms with van der Waals surface area (Å²) in [5.74, 6) is -0.522. The van der Waals surface area contributed by atoms with E-state index in [1.165, 1.54) is 19.2 Å². The molecule has 1 aromatic carbocycles. The number of ether oxygens (including phenoxy) is 2. The third kappa shape index (κ3) is 13.2. The molecule has 0 spiro atoms. The Morgan fingerprint density at radius 3 is 1.71 bits per heavy atom. The third-order valence-electron chi connectivity index (χ3n) is 6.33. The summed E-state index contributed by atoms with van der Waals surface area (Å²) >= 11 is 0. The summed E-state index contributed by atoms with van der Waals surface area (Å²) in [5, 5.41) is 7.71. The number of sulfonamides is 1. The number of rotatable bonds is 10. The minimum atomic E-state index is -3.85. The number of para-hydroxylation sites is 1. The van der Waals surface area contributed by atoms with E-state index in [0.717, 1.165) is 12.8 Å². The van der Waals surface area contributed by atoms with Crippen LogP contribution in [0.15, 0.2) is 41.8 Å². The van der Waals surface area contributed by atoms with Crippen molar-refractivity contribution in [3.63, 3.8) is 0 Å². The highest BCUT2D eigenvalue weighted by molar-refractivity contribution is 7.89. The van der Waals surface area contributed by atoms with E-state index >= 15 is 0 Å². The van der Waals surface area contributed by atoms with Crippen LogP contribution in [-0.4, -0.2) is 40.0 Å². The van der Waals surface area contributed by atoms with Crippen molar-refractivity contribution in [2.45, 2.75) is 86.5 Å². The summed E-state index contributed by atoms with van der Waals surface area (Å²) in [5.41, 5.74) is -1.02. The van der Waals surface area contributed by atoms with Crippen molar-refractivity contribution < 1.29 is 32.3 Å². The molecule has 0 saturated carbocycles. The van der Waals surface area contributed by atoms with Crippen LogP contribution in [0.3, 0.4) is 0 Å². The molecule has 9 nitrogen and oxygen atoms in total. The molecule has 0 atom stereocenters. The number of carbonyl (C=O) groups is 3. The Hall–Kier alpha value is -2.72.